The number of hydrogen-bond donors (Lipinski definition) is 0. The van der Waals surface area contributed by atoms with Crippen LogP contribution < -0.4 is 0 Å². The molecule has 0 bridgehead atoms. The number of imidazole rings is 1. The Bertz CT molecular complexity index is 389. The summed E-state index contributed by atoms with van der Waals surface area (Å²) in [5.41, 5.74) is 2.22. The number of nitrogens with zero attached hydrogens (tertiary/aromatic N) is 3. The van der Waals surface area contributed by atoms with Crippen LogP contribution in [0.5, 0.6) is 0 Å². The van der Waals surface area contributed by atoms with Crippen molar-refractivity contribution >= 4 is 5.52 Å². The third-order valence-electron chi connectivity index (χ3n) is 1.91. The molecular weight excluding hydrogens is 150 g/mol. The van der Waals surface area contributed by atoms with Crippen LogP contribution in [-0.4, -0.2) is 14.4 Å². The van der Waals surface area contributed by atoms with Crippen LogP contribution in [0.15, 0.2) is 24.9 Å². The van der Waals surface area contributed by atoms with Gasteiger partial charge in [0.25, 0.3) is 0 Å². The van der Waals surface area contributed by atoms with Gasteiger partial charge in [0.1, 0.15) is 12.7 Å². The van der Waals surface area contributed by atoms with E-state index in [9.17, 15) is 0 Å². The largest absolute Gasteiger partial charge is 0.290 e. The van der Waals surface area contributed by atoms with E-state index in [4.69, 9.17) is 0 Å². The molecule has 3 nitrogen and oxygen atoms in total. The average molecular weight is 161 g/mol. The highest BCUT2D eigenvalue weighted by atomic mass is 15.0. The van der Waals surface area contributed by atoms with E-state index in [2.05, 4.69) is 29.9 Å². The summed E-state index contributed by atoms with van der Waals surface area (Å²) in [6, 6.07) is 2.07. The molecule has 0 aliphatic heterocycles. The zero-order chi connectivity index (χ0) is 8.55. The Hall–Kier alpha value is -1.38. The monoisotopic (exact) mass is 161 g/mol. The van der Waals surface area contributed by atoms with E-state index in [0.29, 0.717) is 5.92 Å². The van der Waals surface area contributed by atoms with E-state index in [-0.39, 0.29) is 0 Å². The molecule has 0 fully saturated rings. The summed E-state index contributed by atoms with van der Waals surface area (Å²) in [7, 11) is 0. The summed E-state index contributed by atoms with van der Waals surface area (Å²) in [6.07, 6.45) is 5.40. The Morgan fingerprint density at radius 3 is 2.92 bits per heavy atom. The van der Waals surface area contributed by atoms with Crippen molar-refractivity contribution in [2.45, 2.75) is 19.8 Å². The molecule has 0 N–H and O–H groups in total. The lowest BCUT2D eigenvalue weighted by atomic mass is 10.1. The van der Waals surface area contributed by atoms with Gasteiger partial charge in [-0.05, 0) is 12.0 Å². The molecule has 0 aliphatic rings. The van der Waals surface area contributed by atoms with Crippen LogP contribution in [-0.2, 0) is 0 Å². The van der Waals surface area contributed by atoms with Crippen LogP contribution >= 0.6 is 0 Å². The van der Waals surface area contributed by atoms with E-state index in [1.165, 1.54) is 0 Å². The predicted octanol–water partition coefficient (Wildman–Crippen LogP) is 1.85. The summed E-state index contributed by atoms with van der Waals surface area (Å²) in [6.45, 7) is 4.27. The fourth-order valence-electron chi connectivity index (χ4n) is 1.16. The fraction of sp³-hybridized carbons (Fsp3) is 0.333. The van der Waals surface area contributed by atoms with Crippen LogP contribution in [0, 0.1) is 0 Å². The SMILES string of the molecule is CC(C)c1cc2cncn2cn1. The van der Waals surface area contributed by atoms with Crippen molar-refractivity contribution in [3.05, 3.63) is 30.6 Å². The first-order chi connectivity index (χ1) is 5.77. The molecule has 3 heteroatoms. The van der Waals surface area contributed by atoms with Gasteiger partial charge in [-0.2, -0.15) is 0 Å². The van der Waals surface area contributed by atoms with Crippen molar-refractivity contribution in [1.82, 2.24) is 14.4 Å². The summed E-state index contributed by atoms with van der Waals surface area (Å²) in [5.74, 6) is 0.477. The average Bonchev–Trinajstić information content (AvgIpc) is 2.49. The van der Waals surface area contributed by atoms with E-state index in [1.54, 1.807) is 12.7 Å². The molecule has 2 heterocycles. The first kappa shape index (κ1) is 7.28. The number of hydrogen-bond acceptors (Lipinski definition) is 2. The Morgan fingerprint density at radius 2 is 2.17 bits per heavy atom. The number of aromatic nitrogens is 3. The highest BCUT2D eigenvalue weighted by molar-refractivity contribution is 5.45. The Kier molecular flexibility index (Phi) is 1.57. The Balaban J connectivity index is 2.60. The van der Waals surface area contributed by atoms with Crippen molar-refractivity contribution < 1.29 is 0 Å². The molecule has 0 aliphatic carbocycles. The zero-order valence-corrected chi connectivity index (χ0v) is 7.23. The Labute approximate surface area is 71.1 Å². The lowest BCUT2D eigenvalue weighted by Crippen LogP contribution is -1.94. The van der Waals surface area contributed by atoms with E-state index < -0.39 is 0 Å². The summed E-state index contributed by atoms with van der Waals surface area (Å²) < 4.78 is 1.91. The predicted molar refractivity (Wildman–Crippen MR) is 47.1 cm³/mol. The van der Waals surface area contributed by atoms with Gasteiger partial charge in [0, 0.05) is 5.69 Å². The molecule has 0 aromatic carbocycles. The second kappa shape index (κ2) is 2.59. The smallest absolute Gasteiger partial charge is 0.101 e. The highest BCUT2D eigenvalue weighted by Gasteiger charge is 2.01. The van der Waals surface area contributed by atoms with Gasteiger partial charge in [-0.25, -0.2) is 9.97 Å². The van der Waals surface area contributed by atoms with Crippen LogP contribution in [0.2, 0.25) is 0 Å². The van der Waals surface area contributed by atoms with Crippen molar-refractivity contribution in [1.29, 1.82) is 0 Å². The molecule has 12 heavy (non-hydrogen) atoms. The van der Waals surface area contributed by atoms with Crippen molar-refractivity contribution in [3.63, 3.8) is 0 Å². The summed E-state index contributed by atoms with van der Waals surface area (Å²) in [4.78, 5) is 8.33. The third-order valence-corrected chi connectivity index (χ3v) is 1.91. The second-order valence-electron chi connectivity index (χ2n) is 3.19. The fourth-order valence-corrected chi connectivity index (χ4v) is 1.16. The molecule has 2 rings (SSSR count). The minimum atomic E-state index is 0.477. The maximum Gasteiger partial charge on any atom is 0.101 e. The van der Waals surface area contributed by atoms with Crippen LogP contribution in [0.3, 0.4) is 0 Å². The van der Waals surface area contributed by atoms with Gasteiger partial charge in [-0.3, -0.25) is 4.40 Å². The summed E-state index contributed by atoms with van der Waals surface area (Å²) >= 11 is 0. The molecule has 0 unspecified atom stereocenters. The minimum absolute atomic E-state index is 0.477. The van der Waals surface area contributed by atoms with Crippen molar-refractivity contribution in [3.8, 4) is 0 Å². The van der Waals surface area contributed by atoms with Crippen molar-refractivity contribution in [2.24, 2.45) is 0 Å². The Morgan fingerprint density at radius 1 is 1.33 bits per heavy atom. The first-order valence-corrected chi connectivity index (χ1v) is 4.05. The first-order valence-electron chi connectivity index (χ1n) is 4.05. The van der Waals surface area contributed by atoms with Crippen molar-refractivity contribution in [2.75, 3.05) is 0 Å². The van der Waals surface area contributed by atoms with Crippen LogP contribution in [0.4, 0.5) is 0 Å². The van der Waals surface area contributed by atoms with Crippen LogP contribution in [0.1, 0.15) is 25.5 Å². The van der Waals surface area contributed by atoms with E-state index in [0.717, 1.165) is 11.2 Å². The number of fused-ring (bicyclic) bond motifs is 1. The van der Waals surface area contributed by atoms with Crippen LogP contribution in [0.25, 0.3) is 5.52 Å². The maximum atomic E-state index is 4.30. The maximum absolute atomic E-state index is 4.30. The van der Waals surface area contributed by atoms with Gasteiger partial charge in [-0.1, -0.05) is 13.8 Å². The van der Waals surface area contributed by atoms with Gasteiger partial charge >= 0.3 is 0 Å². The van der Waals surface area contributed by atoms with E-state index in [1.807, 2.05) is 10.6 Å². The topological polar surface area (TPSA) is 30.2 Å². The quantitative estimate of drug-likeness (QED) is 0.639. The minimum Gasteiger partial charge on any atom is -0.290 e. The molecule has 2 aromatic rings. The lowest BCUT2D eigenvalue weighted by molar-refractivity contribution is 0.812. The standard InChI is InChI=1S/C9H11N3/c1-7(2)9-3-8-4-10-5-12(8)6-11-9/h3-7H,1-2H3. The normalized spacial score (nSPS) is 11.2. The van der Waals surface area contributed by atoms with Gasteiger partial charge in [0.05, 0.1) is 11.7 Å². The zero-order valence-electron chi connectivity index (χ0n) is 7.23. The second-order valence-corrected chi connectivity index (χ2v) is 3.19. The third kappa shape index (κ3) is 1.07. The van der Waals surface area contributed by atoms with Gasteiger partial charge in [0.2, 0.25) is 0 Å². The molecule has 2 aromatic heterocycles. The molecule has 62 valence electrons. The molecule has 0 saturated carbocycles. The molecule has 0 saturated heterocycles. The van der Waals surface area contributed by atoms with Gasteiger partial charge in [0.15, 0.2) is 0 Å². The number of rotatable bonds is 1. The molecule has 0 spiro atoms. The molecule has 0 atom stereocenters. The molecule has 0 radical (unpaired) electrons. The highest BCUT2D eigenvalue weighted by Crippen LogP contribution is 2.12. The molecular formula is C9H11N3. The summed E-state index contributed by atoms with van der Waals surface area (Å²) in [5, 5.41) is 0. The lowest BCUT2D eigenvalue weighted by Gasteiger charge is -2.03. The van der Waals surface area contributed by atoms with E-state index >= 15 is 0 Å². The van der Waals surface area contributed by atoms with Gasteiger partial charge < -0.3 is 0 Å². The molecule has 0 amide bonds. The van der Waals surface area contributed by atoms with Gasteiger partial charge in [-0.15, -0.1) is 0 Å².